The van der Waals surface area contributed by atoms with Gasteiger partial charge in [-0.2, -0.15) is 0 Å². The Morgan fingerprint density at radius 2 is 2.31 bits per heavy atom. The van der Waals surface area contributed by atoms with Crippen molar-refractivity contribution in [1.82, 2.24) is 9.97 Å². The molecular formula is C9H6BrN2O. The number of nitrogens with zero attached hydrogens (tertiary/aromatic N) is 2. The third-order valence-electron chi connectivity index (χ3n) is 1.71. The van der Waals surface area contributed by atoms with Gasteiger partial charge in [-0.3, -0.25) is 0 Å². The van der Waals surface area contributed by atoms with Crippen LogP contribution in [0.4, 0.5) is 0 Å². The van der Waals surface area contributed by atoms with Crippen molar-refractivity contribution >= 4 is 26.8 Å². The molecule has 0 unspecified atom stereocenters. The molecule has 0 spiro atoms. The number of benzene rings is 1. The van der Waals surface area contributed by atoms with E-state index in [2.05, 4.69) is 32.1 Å². The van der Waals surface area contributed by atoms with Crippen LogP contribution in [0.5, 0.6) is 5.75 Å². The number of hydrogen-bond donors (Lipinski definition) is 0. The summed E-state index contributed by atoms with van der Waals surface area (Å²) < 4.78 is 6.01. The maximum absolute atomic E-state index is 5.13. The molecule has 0 aliphatic rings. The lowest BCUT2D eigenvalue weighted by Gasteiger charge is -2.03. The lowest BCUT2D eigenvalue weighted by molar-refractivity contribution is 0.413. The van der Waals surface area contributed by atoms with Crippen LogP contribution in [0.25, 0.3) is 10.9 Å². The van der Waals surface area contributed by atoms with Crippen LogP contribution in [0.15, 0.2) is 22.9 Å². The zero-order chi connectivity index (χ0) is 9.26. The molecule has 1 radical (unpaired) electrons. The number of aromatic nitrogens is 2. The van der Waals surface area contributed by atoms with Crippen LogP contribution in [0.1, 0.15) is 0 Å². The summed E-state index contributed by atoms with van der Waals surface area (Å²) >= 11 is 3.38. The zero-order valence-corrected chi connectivity index (χ0v) is 8.50. The predicted octanol–water partition coefficient (Wildman–Crippen LogP) is 2.20. The van der Waals surface area contributed by atoms with Gasteiger partial charge in [-0.05, 0) is 28.1 Å². The molecule has 1 aromatic carbocycles. The number of halogens is 1. The summed E-state index contributed by atoms with van der Waals surface area (Å²) in [4.78, 5) is 7.90. The highest BCUT2D eigenvalue weighted by Gasteiger charge is 2.02. The number of fused-ring (bicyclic) bond motifs is 1. The number of ether oxygens (including phenoxy) is 1. The molecule has 0 atom stereocenters. The van der Waals surface area contributed by atoms with Crippen LogP contribution in [0.3, 0.4) is 0 Å². The van der Waals surface area contributed by atoms with Gasteiger partial charge in [0.25, 0.3) is 0 Å². The van der Waals surface area contributed by atoms with Crippen LogP contribution in [0, 0.1) is 6.20 Å². The lowest BCUT2D eigenvalue weighted by Crippen LogP contribution is -1.87. The summed E-state index contributed by atoms with van der Waals surface area (Å²) in [5.41, 5.74) is 0.850. The lowest BCUT2D eigenvalue weighted by atomic mass is 10.2. The molecule has 0 amide bonds. The normalized spacial score (nSPS) is 10.3. The topological polar surface area (TPSA) is 35.0 Å². The van der Waals surface area contributed by atoms with Gasteiger partial charge in [0.05, 0.1) is 17.1 Å². The van der Waals surface area contributed by atoms with E-state index in [0.29, 0.717) is 0 Å². The van der Waals surface area contributed by atoms with E-state index in [9.17, 15) is 0 Å². The minimum absolute atomic E-state index is 0.763. The number of rotatable bonds is 1. The summed E-state index contributed by atoms with van der Waals surface area (Å²) in [6, 6.07) is 3.73. The van der Waals surface area contributed by atoms with Gasteiger partial charge in [0.1, 0.15) is 18.3 Å². The first kappa shape index (κ1) is 8.44. The summed E-state index contributed by atoms with van der Waals surface area (Å²) in [6.07, 6.45) is 4.31. The Kier molecular flexibility index (Phi) is 2.14. The molecule has 0 fully saturated rings. The fourth-order valence-corrected chi connectivity index (χ4v) is 1.58. The molecule has 65 valence electrons. The van der Waals surface area contributed by atoms with E-state index in [0.717, 1.165) is 21.1 Å². The molecule has 0 saturated carbocycles. The SMILES string of the molecule is COc1cc2[c]ncnc2cc1Br. The van der Waals surface area contributed by atoms with Crippen LogP contribution >= 0.6 is 15.9 Å². The van der Waals surface area contributed by atoms with E-state index < -0.39 is 0 Å². The van der Waals surface area contributed by atoms with Gasteiger partial charge < -0.3 is 4.74 Å². The van der Waals surface area contributed by atoms with Crippen molar-refractivity contribution in [3.05, 3.63) is 29.1 Å². The summed E-state index contributed by atoms with van der Waals surface area (Å²) in [5.74, 6) is 0.763. The van der Waals surface area contributed by atoms with Crippen molar-refractivity contribution in [1.29, 1.82) is 0 Å². The number of methoxy groups -OCH3 is 1. The van der Waals surface area contributed by atoms with Crippen LogP contribution in [-0.2, 0) is 0 Å². The Morgan fingerprint density at radius 3 is 3.08 bits per heavy atom. The number of hydrogen-bond acceptors (Lipinski definition) is 3. The molecule has 0 N–H and O–H groups in total. The Balaban J connectivity index is 2.74. The van der Waals surface area contributed by atoms with Gasteiger partial charge in [0, 0.05) is 5.39 Å². The van der Waals surface area contributed by atoms with Crippen molar-refractivity contribution in [2.24, 2.45) is 0 Å². The first-order chi connectivity index (χ1) is 6.31. The van der Waals surface area contributed by atoms with E-state index in [1.54, 1.807) is 7.11 Å². The minimum Gasteiger partial charge on any atom is -0.496 e. The summed E-state index contributed by atoms with van der Waals surface area (Å²) in [5, 5.41) is 0.850. The smallest absolute Gasteiger partial charge is 0.133 e. The highest BCUT2D eigenvalue weighted by Crippen LogP contribution is 2.28. The highest BCUT2D eigenvalue weighted by atomic mass is 79.9. The second-order valence-electron chi connectivity index (χ2n) is 2.49. The van der Waals surface area contributed by atoms with Gasteiger partial charge in [0.15, 0.2) is 0 Å². The van der Waals surface area contributed by atoms with E-state index in [4.69, 9.17) is 4.74 Å². The second kappa shape index (κ2) is 3.30. The molecule has 0 aliphatic heterocycles. The Labute approximate surface area is 83.9 Å². The maximum Gasteiger partial charge on any atom is 0.133 e. The third kappa shape index (κ3) is 1.49. The van der Waals surface area contributed by atoms with Crippen molar-refractivity contribution in [2.75, 3.05) is 7.11 Å². The molecule has 2 aromatic rings. The fraction of sp³-hybridized carbons (Fsp3) is 0.111. The van der Waals surface area contributed by atoms with Gasteiger partial charge in [0.2, 0.25) is 0 Å². The molecule has 1 aromatic heterocycles. The van der Waals surface area contributed by atoms with Crippen molar-refractivity contribution in [3.8, 4) is 5.75 Å². The average Bonchev–Trinajstić information content (AvgIpc) is 2.17. The molecule has 2 rings (SSSR count). The largest absolute Gasteiger partial charge is 0.496 e. The minimum atomic E-state index is 0.763. The highest BCUT2D eigenvalue weighted by molar-refractivity contribution is 9.10. The van der Waals surface area contributed by atoms with Crippen molar-refractivity contribution in [3.63, 3.8) is 0 Å². The molecule has 13 heavy (non-hydrogen) atoms. The Morgan fingerprint density at radius 1 is 1.46 bits per heavy atom. The molecule has 0 bridgehead atoms. The molecular weight excluding hydrogens is 232 g/mol. The molecule has 0 saturated heterocycles. The fourth-order valence-electron chi connectivity index (χ4n) is 1.09. The first-order valence-electron chi connectivity index (χ1n) is 3.67. The van der Waals surface area contributed by atoms with Gasteiger partial charge in [-0.25, -0.2) is 9.97 Å². The van der Waals surface area contributed by atoms with Crippen LogP contribution in [-0.4, -0.2) is 17.1 Å². The van der Waals surface area contributed by atoms with Gasteiger partial charge >= 0.3 is 0 Å². The van der Waals surface area contributed by atoms with Crippen LogP contribution in [0.2, 0.25) is 0 Å². The van der Waals surface area contributed by atoms with E-state index in [-0.39, 0.29) is 0 Å². The Bertz CT molecular complexity index is 445. The zero-order valence-electron chi connectivity index (χ0n) is 6.91. The third-order valence-corrected chi connectivity index (χ3v) is 2.33. The predicted molar refractivity (Wildman–Crippen MR) is 52.6 cm³/mol. The molecule has 0 aliphatic carbocycles. The summed E-state index contributed by atoms with van der Waals surface area (Å²) in [7, 11) is 1.62. The van der Waals surface area contributed by atoms with Gasteiger partial charge in [-0.1, -0.05) is 0 Å². The average molecular weight is 238 g/mol. The quantitative estimate of drug-likeness (QED) is 0.763. The van der Waals surface area contributed by atoms with E-state index in [1.165, 1.54) is 6.33 Å². The molecule has 3 nitrogen and oxygen atoms in total. The first-order valence-corrected chi connectivity index (χ1v) is 4.46. The van der Waals surface area contributed by atoms with E-state index in [1.807, 2.05) is 12.1 Å². The monoisotopic (exact) mass is 237 g/mol. The second-order valence-corrected chi connectivity index (χ2v) is 3.34. The van der Waals surface area contributed by atoms with E-state index >= 15 is 0 Å². The Hall–Kier alpha value is -1.16. The van der Waals surface area contributed by atoms with Crippen molar-refractivity contribution in [2.45, 2.75) is 0 Å². The van der Waals surface area contributed by atoms with Crippen molar-refractivity contribution < 1.29 is 4.74 Å². The molecule has 1 heterocycles. The summed E-state index contributed by atoms with van der Waals surface area (Å²) in [6.45, 7) is 0. The molecule has 4 heteroatoms. The van der Waals surface area contributed by atoms with Gasteiger partial charge in [-0.15, -0.1) is 0 Å². The maximum atomic E-state index is 5.13. The standard InChI is InChI=1S/C9H6BrN2O/c1-13-9-2-6-4-11-5-12-8(6)3-7(9)10/h2-3,5H,1H3. The van der Waals surface area contributed by atoms with Crippen LogP contribution < -0.4 is 4.74 Å².